The normalized spacial score (nSPS) is 11.7. The molecule has 0 aliphatic carbocycles. The Morgan fingerprint density at radius 3 is 2.23 bits per heavy atom. The van der Waals surface area contributed by atoms with Crippen LogP contribution in [0.1, 0.15) is 22.8 Å². The molecule has 0 radical (unpaired) electrons. The van der Waals surface area contributed by atoms with Crippen LogP contribution >= 0.6 is 11.3 Å². The number of rotatable bonds is 14. The van der Waals surface area contributed by atoms with Crippen molar-refractivity contribution >= 4 is 42.6 Å². The summed E-state index contributed by atoms with van der Waals surface area (Å²) in [6.45, 7) is 3.67. The van der Waals surface area contributed by atoms with Crippen LogP contribution in [0.15, 0.2) is 77.7 Å². The fraction of sp³-hybridized carbons (Fsp3) is 0.310. The van der Waals surface area contributed by atoms with E-state index >= 15 is 0 Å². The lowest BCUT2D eigenvalue weighted by molar-refractivity contribution is 0.0985. The van der Waals surface area contributed by atoms with Crippen molar-refractivity contribution in [2.75, 3.05) is 52.0 Å². The quantitative estimate of drug-likeness (QED) is 0.210. The molecule has 1 aromatic heterocycles. The van der Waals surface area contributed by atoms with E-state index in [9.17, 15) is 13.2 Å². The molecular formula is C29H33N3O6S2. The van der Waals surface area contributed by atoms with Crippen LogP contribution < -0.4 is 9.64 Å². The number of carbonyl (C=O) groups is 1. The van der Waals surface area contributed by atoms with Gasteiger partial charge in [0.05, 0.1) is 41.5 Å². The number of hydrogen-bond acceptors (Lipinski definition) is 8. The Morgan fingerprint density at radius 1 is 0.925 bits per heavy atom. The summed E-state index contributed by atoms with van der Waals surface area (Å²) < 4.78 is 44.6. The molecular weight excluding hydrogens is 550 g/mol. The van der Waals surface area contributed by atoms with E-state index in [1.807, 2.05) is 55.5 Å². The van der Waals surface area contributed by atoms with Crippen molar-refractivity contribution in [2.24, 2.45) is 0 Å². The molecule has 9 nitrogen and oxygen atoms in total. The molecule has 212 valence electrons. The molecule has 40 heavy (non-hydrogen) atoms. The SMILES string of the molecule is CCOc1ccc2nc(N(Cc3ccccc3)C(=O)c3ccc(S(=O)(=O)N(CCOC)CCOC)cc3)sc2c1. The number of hydrogen-bond donors (Lipinski definition) is 0. The lowest BCUT2D eigenvalue weighted by Gasteiger charge is -2.22. The predicted octanol–water partition coefficient (Wildman–Crippen LogP) is 4.83. The number of fused-ring (bicyclic) bond motifs is 1. The van der Waals surface area contributed by atoms with Gasteiger partial charge < -0.3 is 14.2 Å². The van der Waals surface area contributed by atoms with Gasteiger partial charge in [0.15, 0.2) is 5.13 Å². The van der Waals surface area contributed by atoms with Gasteiger partial charge in [0.1, 0.15) is 5.75 Å². The molecule has 1 heterocycles. The van der Waals surface area contributed by atoms with E-state index in [-0.39, 0.29) is 37.1 Å². The fourth-order valence-corrected chi connectivity index (χ4v) is 6.47. The molecule has 11 heteroatoms. The van der Waals surface area contributed by atoms with Gasteiger partial charge in [-0.15, -0.1) is 0 Å². The van der Waals surface area contributed by atoms with Crippen molar-refractivity contribution in [1.82, 2.24) is 9.29 Å². The molecule has 4 rings (SSSR count). The van der Waals surface area contributed by atoms with Crippen LogP contribution in [0.5, 0.6) is 5.75 Å². The number of amides is 1. The average Bonchev–Trinajstić information content (AvgIpc) is 3.39. The average molecular weight is 584 g/mol. The second kappa shape index (κ2) is 13.8. The second-order valence-corrected chi connectivity index (χ2v) is 11.8. The lowest BCUT2D eigenvalue weighted by atomic mass is 10.1. The van der Waals surface area contributed by atoms with Crippen molar-refractivity contribution in [3.63, 3.8) is 0 Å². The van der Waals surface area contributed by atoms with Gasteiger partial charge in [0.25, 0.3) is 5.91 Å². The Morgan fingerprint density at radius 2 is 1.60 bits per heavy atom. The first-order valence-corrected chi connectivity index (χ1v) is 15.1. The molecule has 0 aliphatic rings. The van der Waals surface area contributed by atoms with Crippen molar-refractivity contribution in [1.29, 1.82) is 0 Å². The van der Waals surface area contributed by atoms with E-state index in [0.29, 0.717) is 23.8 Å². The molecule has 0 bridgehead atoms. The number of thiazole rings is 1. The van der Waals surface area contributed by atoms with Gasteiger partial charge in [0.2, 0.25) is 10.0 Å². The zero-order valence-electron chi connectivity index (χ0n) is 22.8. The molecule has 0 unspecified atom stereocenters. The number of nitrogens with zero attached hydrogens (tertiary/aromatic N) is 3. The van der Waals surface area contributed by atoms with Gasteiger partial charge in [0, 0.05) is 32.9 Å². The van der Waals surface area contributed by atoms with Gasteiger partial charge in [-0.2, -0.15) is 4.31 Å². The number of anilines is 1. The molecule has 1 amide bonds. The summed E-state index contributed by atoms with van der Waals surface area (Å²) in [6.07, 6.45) is 0. The maximum absolute atomic E-state index is 13.8. The highest BCUT2D eigenvalue weighted by molar-refractivity contribution is 7.89. The summed E-state index contributed by atoms with van der Waals surface area (Å²) in [5.41, 5.74) is 2.06. The summed E-state index contributed by atoms with van der Waals surface area (Å²) in [6, 6.07) is 21.3. The van der Waals surface area contributed by atoms with Crippen LogP contribution in [0.2, 0.25) is 0 Å². The minimum absolute atomic E-state index is 0.0920. The summed E-state index contributed by atoms with van der Waals surface area (Å²) in [5, 5.41) is 0.541. The van der Waals surface area contributed by atoms with Gasteiger partial charge in [-0.25, -0.2) is 13.4 Å². The molecule has 0 saturated carbocycles. The van der Waals surface area contributed by atoms with Crippen molar-refractivity contribution in [3.05, 3.63) is 83.9 Å². The maximum atomic E-state index is 13.8. The summed E-state index contributed by atoms with van der Waals surface area (Å²) in [5.74, 6) is 0.459. The zero-order valence-corrected chi connectivity index (χ0v) is 24.4. The van der Waals surface area contributed by atoms with Crippen LogP contribution in [0, 0.1) is 0 Å². The van der Waals surface area contributed by atoms with Crippen molar-refractivity contribution in [2.45, 2.75) is 18.4 Å². The number of sulfonamides is 1. The van der Waals surface area contributed by atoms with Gasteiger partial charge >= 0.3 is 0 Å². The third-order valence-electron chi connectivity index (χ3n) is 6.15. The van der Waals surface area contributed by atoms with Crippen LogP contribution in [-0.4, -0.2) is 70.7 Å². The van der Waals surface area contributed by atoms with Gasteiger partial charge in [-0.1, -0.05) is 41.7 Å². The molecule has 0 saturated heterocycles. The van der Waals surface area contributed by atoms with Crippen molar-refractivity contribution in [3.8, 4) is 5.75 Å². The van der Waals surface area contributed by atoms with Gasteiger partial charge in [-0.3, -0.25) is 9.69 Å². The van der Waals surface area contributed by atoms with Crippen LogP contribution in [0.4, 0.5) is 5.13 Å². The molecule has 0 spiro atoms. The number of carbonyl (C=O) groups excluding carboxylic acids is 1. The van der Waals surface area contributed by atoms with E-state index < -0.39 is 10.0 Å². The summed E-state index contributed by atoms with van der Waals surface area (Å²) in [4.78, 5) is 20.3. The lowest BCUT2D eigenvalue weighted by Crippen LogP contribution is -2.36. The van der Waals surface area contributed by atoms with Gasteiger partial charge in [-0.05, 0) is 55.0 Å². The largest absolute Gasteiger partial charge is 0.494 e. The Hall–Kier alpha value is -3.35. The topological polar surface area (TPSA) is 98.3 Å². The monoisotopic (exact) mass is 583 g/mol. The molecule has 3 aromatic carbocycles. The van der Waals surface area contributed by atoms with Crippen molar-refractivity contribution < 1.29 is 27.4 Å². The van der Waals surface area contributed by atoms with E-state index in [1.165, 1.54) is 42.0 Å². The molecule has 0 atom stereocenters. The minimum atomic E-state index is -3.81. The second-order valence-electron chi connectivity index (χ2n) is 8.85. The highest BCUT2D eigenvalue weighted by Crippen LogP contribution is 2.33. The van der Waals surface area contributed by atoms with Crippen LogP contribution in [-0.2, 0) is 26.0 Å². The Balaban J connectivity index is 1.65. The fourth-order valence-electron chi connectivity index (χ4n) is 4.07. The number of benzene rings is 3. The third kappa shape index (κ3) is 7.04. The summed E-state index contributed by atoms with van der Waals surface area (Å²) in [7, 11) is -0.769. The molecule has 4 aromatic rings. The highest BCUT2D eigenvalue weighted by Gasteiger charge is 2.26. The summed E-state index contributed by atoms with van der Waals surface area (Å²) >= 11 is 1.40. The zero-order chi connectivity index (χ0) is 28.5. The number of aromatic nitrogens is 1. The number of methoxy groups -OCH3 is 2. The Labute approximate surface area is 239 Å². The van der Waals surface area contributed by atoms with E-state index in [0.717, 1.165) is 21.5 Å². The first-order valence-electron chi connectivity index (χ1n) is 12.8. The van der Waals surface area contributed by atoms with E-state index in [4.69, 9.17) is 19.2 Å². The Bertz CT molecular complexity index is 1500. The molecule has 0 fully saturated rings. The van der Waals surface area contributed by atoms with Crippen LogP contribution in [0.3, 0.4) is 0 Å². The standard InChI is InChI=1S/C29H33N3O6S2/c1-4-38-24-12-15-26-27(20-24)39-29(30-26)32(21-22-8-6-5-7-9-22)28(33)23-10-13-25(14-11-23)40(34,35)31(16-18-36-2)17-19-37-3/h5-15,20H,4,16-19,21H2,1-3H3. The Kier molecular flexibility index (Phi) is 10.2. The first kappa shape index (κ1) is 29.6. The van der Waals surface area contributed by atoms with E-state index in [1.54, 1.807) is 17.0 Å². The highest BCUT2D eigenvalue weighted by atomic mass is 32.2. The maximum Gasteiger partial charge on any atom is 0.260 e. The predicted molar refractivity (Wildman–Crippen MR) is 157 cm³/mol. The molecule has 0 aliphatic heterocycles. The number of ether oxygens (including phenoxy) is 3. The molecule has 0 N–H and O–H groups in total. The van der Waals surface area contributed by atoms with E-state index in [2.05, 4.69) is 0 Å². The minimum Gasteiger partial charge on any atom is -0.494 e. The van der Waals surface area contributed by atoms with Crippen LogP contribution in [0.25, 0.3) is 10.2 Å². The smallest absolute Gasteiger partial charge is 0.260 e. The third-order valence-corrected chi connectivity index (χ3v) is 9.10. The first-order chi connectivity index (χ1) is 19.4.